The van der Waals surface area contributed by atoms with Crippen LogP contribution in [0, 0.1) is 0 Å². The molecule has 1 aliphatic carbocycles. The highest BCUT2D eigenvalue weighted by atomic mass is 16.4. The largest absolute Gasteiger partial charge is 0.506 e. The van der Waals surface area contributed by atoms with Gasteiger partial charge in [-0.2, -0.15) is 0 Å². The van der Waals surface area contributed by atoms with Gasteiger partial charge in [0.2, 0.25) is 0 Å². The Morgan fingerprint density at radius 1 is 0.964 bits per heavy atom. The van der Waals surface area contributed by atoms with Crippen molar-refractivity contribution in [1.29, 1.82) is 0 Å². The van der Waals surface area contributed by atoms with E-state index in [-0.39, 0.29) is 34.2 Å². The average molecular weight is 380 g/mol. The average Bonchev–Trinajstić information content (AvgIpc) is 2.65. The standard InChI is InChI=1S/C21H16O7/c1-2-11(22)9-15(23)17-10(8-16(24)25)7-14-18(21(17)28)20(27)13-6-4-3-5-12(13)19(14)26/h3-7,28H,2,8-9H2,1H3,(H,24,25). The molecule has 0 spiro atoms. The molecule has 7 nitrogen and oxygen atoms in total. The van der Waals surface area contributed by atoms with Gasteiger partial charge < -0.3 is 10.2 Å². The van der Waals surface area contributed by atoms with E-state index in [1.807, 2.05) is 0 Å². The number of Topliss-reactive ketones (excluding diaryl/α,β-unsaturated/α-hetero) is 2. The zero-order valence-corrected chi connectivity index (χ0v) is 14.9. The lowest BCUT2D eigenvalue weighted by Crippen LogP contribution is -2.23. The lowest BCUT2D eigenvalue weighted by atomic mass is 9.80. The molecule has 0 saturated carbocycles. The lowest BCUT2D eigenvalue weighted by Gasteiger charge is -2.21. The molecule has 142 valence electrons. The number of rotatable bonds is 6. The molecular weight excluding hydrogens is 364 g/mol. The summed E-state index contributed by atoms with van der Waals surface area (Å²) in [5.41, 5.74) is -0.784. The van der Waals surface area contributed by atoms with Crippen LogP contribution in [0.1, 0.15) is 67.5 Å². The number of phenols is 1. The smallest absolute Gasteiger partial charge is 0.307 e. The van der Waals surface area contributed by atoms with Gasteiger partial charge in [-0.15, -0.1) is 0 Å². The van der Waals surface area contributed by atoms with E-state index < -0.39 is 53.3 Å². The minimum atomic E-state index is -1.29. The number of carboxylic acids is 1. The second-order valence-corrected chi connectivity index (χ2v) is 6.45. The van der Waals surface area contributed by atoms with E-state index in [9.17, 15) is 29.1 Å². The molecule has 1 aliphatic rings. The number of aromatic hydroxyl groups is 1. The van der Waals surface area contributed by atoms with Crippen molar-refractivity contribution in [3.05, 3.63) is 63.7 Å². The summed E-state index contributed by atoms with van der Waals surface area (Å²) in [6.45, 7) is 1.57. The molecule has 2 N–H and O–H groups in total. The van der Waals surface area contributed by atoms with E-state index in [1.54, 1.807) is 19.1 Å². The summed E-state index contributed by atoms with van der Waals surface area (Å²) in [6.07, 6.45) is -1.09. The molecule has 0 amide bonds. The van der Waals surface area contributed by atoms with Crippen molar-refractivity contribution in [2.75, 3.05) is 0 Å². The van der Waals surface area contributed by atoms with Gasteiger partial charge in [0.15, 0.2) is 17.3 Å². The number of carboxylic acid groups (broad SMARTS) is 1. The number of aliphatic carboxylic acids is 1. The summed E-state index contributed by atoms with van der Waals surface area (Å²) < 4.78 is 0. The van der Waals surface area contributed by atoms with Crippen LogP contribution < -0.4 is 0 Å². The maximum Gasteiger partial charge on any atom is 0.307 e. The first-order valence-corrected chi connectivity index (χ1v) is 8.60. The maximum atomic E-state index is 12.9. The van der Waals surface area contributed by atoms with Gasteiger partial charge in [-0.05, 0) is 11.6 Å². The number of hydrogen-bond donors (Lipinski definition) is 2. The molecule has 2 aromatic carbocycles. The summed E-state index contributed by atoms with van der Waals surface area (Å²) in [7, 11) is 0. The van der Waals surface area contributed by atoms with Crippen molar-refractivity contribution in [2.24, 2.45) is 0 Å². The van der Waals surface area contributed by atoms with Crippen molar-refractivity contribution in [2.45, 2.75) is 26.2 Å². The predicted octanol–water partition coefficient (Wildman–Crippen LogP) is 2.35. The zero-order chi connectivity index (χ0) is 20.6. The van der Waals surface area contributed by atoms with Gasteiger partial charge in [-0.25, -0.2) is 0 Å². The van der Waals surface area contributed by atoms with Crippen LogP contribution in [0.25, 0.3) is 0 Å². The SMILES string of the molecule is CCC(=O)CC(=O)c1c(CC(=O)O)cc2c(c1O)C(=O)c1ccccc1C2=O. The van der Waals surface area contributed by atoms with Crippen LogP contribution in [-0.2, 0) is 16.0 Å². The van der Waals surface area contributed by atoms with E-state index in [4.69, 9.17) is 5.11 Å². The molecule has 2 aromatic rings. The fourth-order valence-electron chi connectivity index (χ4n) is 3.30. The molecule has 0 aliphatic heterocycles. The molecule has 7 heteroatoms. The molecule has 0 saturated heterocycles. The van der Waals surface area contributed by atoms with Gasteiger partial charge in [-0.3, -0.25) is 24.0 Å². The topological polar surface area (TPSA) is 126 Å². The van der Waals surface area contributed by atoms with Crippen LogP contribution in [0.15, 0.2) is 30.3 Å². The molecule has 0 radical (unpaired) electrons. The Balaban J connectivity index is 2.26. The first-order chi connectivity index (χ1) is 13.3. The summed E-state index contributed by atoms with van der Waals surface area (Å²) in [5, 5.41) is 19.9. The molecule has 28 heavy (non-hydrogen) atoms. The number of phenolic OH excluding ortho intramolecular Hbond substituents is 1. The Morgan fingerprint density at radius 2 is 1.57 bits per heavy atom. The van der Waals surface area contributed by atoms with Crippen molar-refractivity contribution < 1.29 is 34.2 Å². The number of carbonyl (C=O) groups excluding carboxylic acids is 4. The third-order valence-electron chi connectivity index (χ3n) is 4.64. The molecule has 0 atom stereocenters. The quantitative estimate of drug-likeness (QED) is 0.496. The van der Waals surface area contributed by atoms with Crippen molar-refractivity contribution in [3.8, 4) is 5.75 Å². The fourth-order valence-corrected chi connectivity index (χ4v) is 3.30. The van der Waals surface area contributed by atoms with Crippen LogP contribution in [0.4, 0.5) is 0 Å². The van der Waals surface area contributed by atoms with E-state index >= 15 is 0 Å². The maximum absolute atomic E-state index is 12.9. The minimum Gasteiger partial charge on any atom is -0.506 e. The Kier molecular flexibility index (Phi) is 4.92. The molecule has 0 heterocycles. The summed E-state index contributed by atoms with van der Waals surface area (Å²) in [4.78, 5) is 61.1. The number of ketones is 4. The van der Waals surface area contributed by atoms with Gasteiger partial charge in [-0.1, -0.05) is 31.2 Å². The number of carbonyl (C=O) groups is 5. The molecular formula is C21H16O7. The monoisotopic (exact) mass is 380 g/mol. The molecule has 0 fully saturated rings. The van der Waals surface area contributed by atoms with Crippen LogP contribution in [-0.4, -0.2) is 39.3 Å². The van der Waals surface area contributed by atoms with Gasteiger partial charge in [0, 0.05) is 23.1 Å². The van der Waals surface area contributed by atoms with E-state index in [2.05, 4.69) is 0 Å². The van der Waals surface area contributed by atoms with E-state index in [1.165, 1.54) is 12.1 Å². The third-order valence-corrected chi connectivity index (χ3v) is 4.64. The minimum absolute atomic E-state index is 0.0873. The van der Waals surface area contributed by atoms with Gasteiger partial charge in [0.1, 0.15) is 11.5 Å². The molecule has 0 unspecified atom stereocenters. The first kappa shape index (κ1) is 19.2. The molecule has 0 bridgehead atoms. The van der Waals surface area contributed by atoms with Crippen molar-refractivity contribution in [3.63, 3.8) is 0 Å². The fraction of sp³-hybridized carbons (Fsp3) is 0.190. The number of hydrogen-bond acceptors (Lipinski definition) is 6. The van der Waals surface area contributed by atoms with E-state index in [0.29, 0.717) is 0 Å². The number of fused-ring (bicyclic) bond motifs is 2. The zero-order valence-electron chi connectivity index (χ0n) is 14.9. The highest BCUT2D eigenvalue weighted by Gasteiger charge is 2.35. The van der Waals surface area contributed by atoms with Gasteiger partial charge in [0.25, 0.3) is 0 Å². The summed E-state index contributed by atoms with van der Waals surface area (Å²) in [5.74, 6) is -4.41. The highest BCUT2D eigenvalue weighted by Crippen LogP contribution is 2.37. The van der Waals surface area contributed by atoms with Gasteiger partial charge >= 0.3 is 5.97 Å². The van der Waals surface area contributed by atoms with Crippen LogP contribution in [0.5, 0.6) is 5.75 Å². The van der Waals surface area contributed by atoms with Crippen LogP contribution >= 0.6 is 0 Å². The summed E-state index contributed by atoms with van der Waals surface area (Å²) in [6, 6.07) is 7.21. The predicted molar refractivity (Wildman–Crippen MR) is 97.0 cm³/mol. The van der Waals surface area contributed by atoms with Crippen LogP contribution in [0.2, 0.25) is 0 Å². The normalized spacial score (nSPS) is 12.3. The Morgan fingerprint density at radius 3 is 2.14 bits per heavy atom. The second kappa shape index (κ2) is 7.19. The second-order valence-electron chi connectivity index (χ2n) is 6.45. The Bertz CT molecular complexity index is 1060. The summed E-state index contributed by atoms with van der Waals surface area (Å²) >= 11 is 0. The van der Waals surface area contributed by atoms with Gasteiger partial charge in [0.05, 0.1) is 24.0 Å². The molecule has 3 rings (SSSR count). The van der Waals surface area contributed by atoms with E-state index in [0.717, 1.165) is 6.07 Å². The first-order valence-electron chi connectivity index (χ1n) is 8.60. The highest BCUT2D eigenvalue weighted by molar-refractivity contribution is 6.30. The number of benzene rings is 2. The Hall–Kier alpha value is -3.61. The third kappa shape index (κ3) is 3.11. The Labute approximate surface area is 159 Å². The van der Waals surface area contributed by atoms with Crippen molar-refractivity contribution in [1.82, 2.24) is 0 Å². The van der Waals surface area contributed by atoms with Crippen LogP contribution in [0.3, 0.4) is 0 Å². The molecule has 0 aromatic heterocycles. The van der Waals surface area contributed by atoms with Crippen molar-refractivity contribution >= 4 is 29.1 Å². The lowest BCUT2D eigenvalue weighted by molar-refractivity contribution is -0.136.